The maximum atomic E-state index is 12.2. The van der Waals surface area contributed by atoms with Gasteiger partial charge in [0.1, 0.15) is 0 Å². The molecule has 5 heteroatoms. The topological polar surface area (TPSA) is 35.6 Å². The van der Waals surface area contributed by atoms with E-state index in [4.69, 9.17) is 0 Å². The third kappa shape index (κ3) is 5.58. The number of carbonyl (C=O) groups is 1. The number of amides is 1. The van der Waals surface area contributed by atoms with Gasteiger partial charge in [0.05, 0.1) is 6.54 Å². The van der Waals surface area contributed by atoms with Gasteiger partial charge in [-0.25, -0.2) is 0 Å². The largest absolute Gasteiger partial charge is 0.378 e. The molecular formula is C19H25N3OS. The maximum Gasteiger partial charge on any atom is 0.238 e. The van der Waals surface area contributed by atoms with Crippen LogP contribution in [0.4, 0.5) is 11.4 Å². The molecule has 0 aliphatic carbocycles. The van der Waals surface area contributed by atoms with E-state index in [9.17, 15) is 4.79 Å². The van der Waals surface area contributed by atoms with Crippen LogP contribution in [0.2, 0.25) is 0 Å². The monoisotopic (exact) mass is 343 g/mol. The minimum absolute atomic E-state index is 0.00385. The average molecular weight is 343 g/mol. The second-order valence-electron chi connectivity index (χ2n) is 6.01. The van der Waals surface area contributed by atoms with Crippen molar-refractivity contribution in [2.24, 2.45) is 0 Å². The van der Waals surface area contributed by atoms with Crippen LogP contribution >= 0.6 is 11.8 Å². The van der Waals surface area contributed by atoms with Crippen LogP contribution in [0.5, 0.6) is 0 Å². The van der Waals surface area contributed by atoms with Crippen LogP contribution in [-0.4, -0.2) is 44.8 Å². The Morgan fingerprint density at radius 2 is 1.62 bits per heavy atom. The van der Waals surface area contributed by atoms with Crippen LogP contribution in [0, 0.1) is 0 Å². The first-order chi connectivity index (χ1) is 11.5. The second-order valence-corrected chi connectivity index (χ2v) is 6.89. The van der Waals surface area contributed by atoms with Crippen molar-refractivity contribution in [1.29, 1.82) is 0 Å². The number of benzene rings is 2. The van der Waals surface area contributed by atoms with Crippen LogP contribution in [0.25, 0.3) is 0 Å². The number of likely N-dealkylation sites (N-methyl/N-ethyl adjacent to an activating group) is 1. The number of hydrogen-bond acceptors (Lipinski definition) is 4. The summed E-state index contributed by atoms with van der Waals surface area (Å²) in [6.45, 7) is 1.11. The Morgan fingerprint density at radius 3 is 2.17 bits per heavy atom. The van der Waals surface area contributed by atoms with Gasteiger partial charge < -0.3 is 10.2 Å². The molecule has 0 radical (unpaired) electrons. The molecule has 2 rings (SSSR count). The lowest BCUT2D eigenvalue weighted by Gasteiger charge is -2.17. The molecule has 0 aliphatic heterocycles. The Balaban J connectivity index is 1.84. The molecule has 0 fully saturated rings. The molecule has 0 bridgehead atoms. The van der Waals surface area contributed by atoms with Crippen LogP contribution in [0.1, 0.15) is 5.56 Å². The van der Waals surface area contributed by atoms with E-state index in [0.717, 1.165) is 17.9 Å². The number of hydrogen-bond donors (Lipinski definition) is 1. The van der Waals surface area contributed by atoms with Crippen molar-refractivity contribution < 1.29 is 4.79 Å². The summed E-state index contributed by atoms with van der Waals surface area (Å²) in [6.07, 6.45) is 2.07. The summed E-state index contributed by atoms with van der Waals surface area (Å²) >= 11 is 1.73. The fraction of sp³-hybridized carbons (Fsp3) is 0.316. The number of nitrogens with one attached hydrogen (secondary N) is 1. The molecule has 4 nitrogen and oxygen atoms in total. The Labute approximate surface area is 148 Å². The zero-order chi connectivity index (χ0) is 17.5. The van der Waals surface area contributed by atoms with E-state index in [-0.39, 0.29) is 5.91 Å². The first-order valence-electron chi connectivity index (χ1n) is 7.86. The van der Waals surface area contributed by atoms with Gasteiger partial charge in [0.2, 0.25) is 5.91 Å². The van der Waals surface area contributed by atoms with Crippen molar-refractivity contribution in [1.82, 2.24) is 4.90 Å². The SMILES string of the molecule is CSc1ccc(CN(C)CC(=O)Nc2ccc(N(C)C)cc2)cc1. The zero-order valence-corrected chi connectivity index (χ0v) is 15.6. The van der Waals surface area contributed by atoms with Gasteiger partial charge in [-0.3, -0.25) is 9.69 Å². The molecule has 1 amide bonds. The lowest BCUT2D eigenvalue weighted by Crippen LogP contribution is -2.29. The second kappa shape index (κ2) is 8.76. The fourth-order valence-corrected chi connectivity index (χ4v) is 2.80. The van der Waals surface area contributed by atoms with Crippen molar-refractivity contribution >= 4 is 29.0 Å². The molecule has 0 unspecified atom stereocenters. The van der Waals surface area contributed by atoms with Gasteiger partial charge in [-0.05, 0) is 55.3 Å². The molecule has 2 aromatic carbocycles. The standard InChI is InChI=1S/C19H25N3OS/c1-21(2)17-9-7-16(8-10-17)20-19(23)14-22(3)13-15-5-11-18(24-4)12-6-15/h5-12H,13-14H2,1-4H3,(H,20,23). The number of rotatable bonds is 7. The molecule has 0 heterocycles. The highest BCUT2D eigenvalue weighted by Gasteiger charge is 2.08. The third-order valence-corrected chi connectivity index (χ3v) is 4.44. The Morgan fingerprint density at radius 1 is 1.00 bits per heavy atom. The van der Waals surface area contributed by atoms with Crippen molar-refractivity contribution in [2.75, 3.05) is 44.2 Å². The van der Waals surface area contributed by atoms with Gasteiger partial charge in [0, 0.05) is 36.9 Å². The van der Waals surface area contributed by atoms with Crippen LogP contribution in [0.15, 0.2) is 53.4 Å². The first-order valence-corrected chi connectivity index (χ1v) is 9.09. The lowest BCUT2D eigenvalue weighted by atomic mass is 10.2. The minimum atomic E-state index is -0.00385. The summed E-state index contributed by atoms with van der Waals surface area (Å²) in [6, 6.07) is 16.3. The van der Waals surface area contributed by atoms with Crippen molar-refractivity contribution in [3.05, 3.63) is 54.1 Å². The van der Waals surface area contributed by atoms with E-state index in [1.54, 1.807) is 11.8 Å². The van der Waals surface area contributed by atoms with Crippen LogP contribution in [0.3, 0.4) is 0 Å². The van der Waals surface area contributed by atoms with Crippen LogP contribution < -0.4 is 10.2 Å². The number of thioether (sulfide) groups is 1. The molecule has 0 saturated heterocycles. The molecule has 0 aromatic heterocycles. The van der Waals surface area contributed by atoms with Crippen LogP contribution in [-0.2, 0) is 11.3 Å². The van der Waals surface area contributed by atoms with E-state index in [2.05, 4.69) is 35.8 Å². The Hall–Kier alpha value is -1.98. The summed E-state index contributed by atoms with van der Waals surface area (Å²) in [4.78, 5) is 17.5. The maximum absolute atomic E-state index is 12.2. The molecule has 1 N–H and O–H groups in total. The number of nitrogens with zero attached hydrogens (tertiary/aromatic N) is 2. The van der Waals surface area contributed by atoms with Crippen molar-refractivity contribution in [2.45, 2.75) is 11.4 Å². The molecule has 0 saturated carbocycles. The predicted molar refractivity (Wildman–Crippen MR) is 104 cm³/mol. The predicted octanol–water partition coefficient (Wildman–Crippen LogP) is 3.55. The Kier molecular flexibility index (Phi) is 6.70. The highest BCUT2D eigenvalue weighted by Crippen LogP contribution is 2.17. The minimum Gasteiger partial charge on any atom is -0.378 e. The molecule has 2 aromatic rings. The van der Waals surface area contributed by atoms with Crippen molar-refractivity contribution in [3.63, 3.8) is 0 Å². The van der Waals surface area contributed by atoms with Gasteiger partial charge in [-0.15, -0.1) is 11.8 Å². The highest BCUT2D eigenvalue weighted by molar-refractivity contribution is 7.98. The van der Waals surface area contributed by atoms with Gasteiger partial charge in [-0.2, -0.15) is 0 Å². The summed E-state index contributed by atoms with van der Waals surface area (Å²) in [5, 5.41) is 2.94. The van der Waals surface area contributed by atoms with E-state index >= 15 is 0 Å². The average Bonchev–Trinajstić information content (AvgIpc) is 2.55. The van der Waals surface area contributed by atoms with E-state index in [1.807, 2.05) is 55.2 Å². The van der Waals surface area contributed by atoms with E-state index < -0.39 is 0 Å². The summed E-state index contributed by atoms with van der Waals surface area (Å²) in [5.74, 6) is -0.00385. The molecule has 0 atom stereocenters. The van der Waals surface area contributed by atoms with Gasteiger partial charge in [0.15, 0.2) is 0 Å². The fourth-order valence-electron chi connectivity index (χ4n) is 2.39. The van der Waals surface area contributed by atoms with Crippen molar-refractivity contribution in [3.8, 4) is 0 Å². The Bertz CT molecular complexity index is 653. The number of carbonyl (C=O) groups excluding carboxylic acids is 1. The van der Waals surface area contributed by atoms with E-state index in [0.29, 0.717) is 6.54 Å². The summed E-state index contributed by atoms with van der Waals surface area (Å²) in [5.41, 5.74) is 3.14. The molecule has 0 spiro atoms. The quantitative estimate of drug-likeness (QED) is 0.780. The van der Waals surface area contributed by atoms with Gasteiger partial charge in [-0.1, -0.05) is 12.1 Å². The molecule has 24 heavy (non-hydrogen) atoms. The normalized spacial score (nSPS) is 10.7. The number of anilines is 2. The third-order valence-electron chi connectivity index (χ3n) is 3.69. The first kappa shape index (κ1) is 18.4. The highest BCUT2D eigenvalue weighted by atomic mass is 32.2. The van der Waals surface area contributed by atoms with Gasteiger partial charge in [0.25, 0.3) is 0 Å². The molecule has 128 valence electrons. The van der Waals surface area contributed by atoms with E-state index in [1.165, 1.54) is 10.5 Å². The summed E-state index contributed by atoms with van der Waals surface area (Å²) in [7, 11) is 5.94. The molecule has 0 aliphatic rings. The lowest BCUT2D eigenvalue weighted by molar-refractivity contribution is -0.117. The summed E-state index contributed by atoms with van der Waals surface area (Å²) < 4.78 is 0. The van der Waals surface area contributed by atoms with Gasteiger partial charge >= 0.3 is 0 Å². The smallest absolute Gasteiger partial charge is 0.238 e. The molecular weight excluding hydrogens is 318 g/mol. The zero-order valence-electron chi connectivity index (χ0n) is 14.7.